The summed E-state index contributed by atoms with van der Waals surface area (Å²) in [5.74, 6) is 0.583. The van der Waals surface area contributed by atoms with Crippen LogP contribution in [0.1, 0.15) is 6.92 Å². The maximum atomic E-state index is 12.9. The minimum absolute atomic E-state index is 0.207. The first-order valence-corrected chi connectivity index (χ1v) is 9.96. The van der Waals surface area contributed by atoms with Crippen molar-refractivity contribution in [1.82, 2.24) is 19.6 Å². The number of carbonyl (C=O) groups is 2. The molecule has 3 aliphatic rings. The first-order valence-electron chi connectivity index (χ1n) is 9.96. The molecule has 4 rings (SSSR count). The van der Waals surface area contributed by atoms with Crippen LogP contribution >= 0.6 is 0 Å². The Morgan fingerprint density at radius 3 is 2.31 bits per heavy atom. The van der Waals surface area contributed by atoms with Crippen LogP contribution < -0.4 is 4.90 Å². The quantitative estimate of drug-likeness (QED) is 0.721. The van der Waals surface area contributed by atoms with Gasteiger partial charge in [-0.2, -0.15) is 0 Å². The van der Waals surface area contributed by atoms with Gasteiger partial charge in [-0.3, -0.25) is 9.69 Å². The summed E-state index contributed by atoms with van der Waals surface area (Å²) in [6.45, 7) is 9.90. The maximum Gasteiger partial charge on any atom is 0.328 e. The molecule has 3 heterocycles. The highest BCUT2D eigenvalue weighted by molar-refractivity contribution is 6.03. The van der Waals surface area contributed by atoms with Crippen LogP contribution in [0.3, 0.4) is 0 Å². The number of fused-ring (bicyclic) bond motifs is 1. The van der Waals surface area contributed by atoms with Gasteiger partial charge in [-0.1, -0.05) is 30.4 Å². The maximum absolute atomic E-state index is 12.9. The summed E-state index contributed by atoms with van der Waals surface area (Å²) in [5.41, 5.74) is 2.17. The van der Waals surface area contributed by atoms with E-state index in [0.717, 1.165) is 37.7 Å². The Kier molecular flexibility index (Phi) is 4.94. The van der Waals surface area contributed by atoms with Gasteiger partial charge in [0.15, 0.2) is 18.2 Å². The smallest absolute Gasteiger partial charge is 0.328 e. The zero-order valence-corrected chi connectivity index (χ0v) is 17.3. The lowest BCUT2D eigenvalue weighted by Gasteiger charge is -2.42. The minimum Gasteiger partial charge on any atom is -0.368 e. The van der Waals surface area contributed by atoms with Crippen molar-refractivity contribution in [2.75, 3.05) is 51.7 Å². The number of benzene rings is 1. The number of rotatable bonds is 3. The normalized spacial score (nSPS) is 24.8. The number of amides is 3. The molecule has 3 aliphatic heterocycles. The molecule has 2 unspecified atom stereocenters. The molecule has 29 heavy (non-hydrogen) atoms. The predicted molar refractivity (Wildman–Crippen MR) is 113 cm³/mol. The monoisotopic (exact) mass is 396 g/mol. The highest BCUT2D eigenvalue weighted by Crippen LogP contribution is 2.29. The zero-order chi connectivity index (χ0) is 20.7. The fraction of sp³-hybridized carbons (Fsp3) is 0.476. The molecule has 0 N–H and O–H groups in total. The molecule has 0 radical (unpaired) electrons. The first-order chi connectivity index (χ1) is 13.9. The molecule has 2 fully saturated rings. The summed E-state index contributed by atoms with van der Waals surface area (Å²) in [7, 11) is 3.24. The van der Waals surface area contributed by atoms with Gasteiger partial charge in [-0.05, 0) is 19.1 Å². The van der Waals surface area contributed by atoms with E-state index in [2.05, 4.69) is 40.6 Å². The summed E-state index contributed by atoms with van der Waals surface area (Å²) < 4.78 is 0. The summed E-state index contributed by atoms with van der Waals surface area (Å²) in [5, 5.41) is 0. The SMILES string of the molecule is C=C(C)CN1C(N2CCN(c3ccccc3)CC2)=NC2C1C(=O)N(C)C(=O)N2C. The van der Waals surface area contributed by atoms with Crippen molar-refractivity contribution >= 4 is 23.6 Å². The third kappa shape index (κ3) is 3.32. The number of anilines is 1. The number of hydrogen-bond acceptors (Lipinski definition) is 6. The second kappa shape index (κ2) is 7.42. The van der Waals surface area contributed by atoms with Gasteiger partial charge >= 0.3 is 6.03 Å². The molecule has 2 saturated heterocycles. The van der Waals surface area contributed by atoms with Crippen LogP contribution in [0, 0.1) is 0 Å². The Morgan fingerprint density at radius 1 is 1.07 bits per heavy atom. The molecule has 0 bridgehead atoms. The van der Waals surface area contributed by atoms with E-state index in [1.54, 1.807) is 11.9 Å². The predicted octanol–water partition coefficient (Wildman–Crippen LogP) is 1.27. The van der Waals surface area contributed by atoms with Crippen molar-refractivity contribution in [2.24, 2.45) is 4.99 Å². The number of likely N-dealkylation sites (N-methyl/N-ethyl adjacent to an activating group) is 2. The fourth-order valence-corrected chi connectivity index (χ4v) is 4.28. The van der Waals surface area contributed by atoms with E-state index in [9.17, 15) is 9.59 Å². The van der Waals surface area contributed by atoms with Crippen molar-refractivity contribution in [3.63, 3.8) is 0 Å². The summed E-state index contributed by atoms with van der Waals surface area (Å²) >= 11 is 0. The highest BCUT2D eigenvalue weighted by Gasteiger charge is 2.52. The molecule has 0 aliphatic carbocycles. The third-order valence-electron chi connectivity index (χ3n) is 5.82. The summed E-state index contributed by atoms with van der Waals surface area (Å²) in [4.78, 5) is 39.5. The van der Waals surface area contributed by atoms with E-state index in [0.29, 0.717) is 6.54 Å². The largest absolute Gasteiger partial charge is 0.368 e. The van der Waals surface area contributed by atoms with E-state index in [-0.39, 0.29) is 11.9 Å². The Bertz CT molecular complexity index is 846. The van der Waals surface area contributed by atoms with Crippen molar-refractivity contribution in [3.05, 3.63) is 42.5 Å². The van der Waals surface area contributed by atoms with Crippen molar-refractivity contribution in [3.8, 4) is 0 Å². The van der Waals surface area contributed by atoms with Gasteiger partial charge in [0, 0.05) is 52.5 Å². The molecule has 0 saturated carbocycles. The van der Waals surface area contributed by atoms with Gasteiger partial charge in [-0.25, -0.2) is 9.79 Å². The second-order valence-corrected chi connectivity index (χ2v) is 7.97. The van der Waals surface area contributed by atoms with Gasteiger partial charge < -0.3 is 19.6 Å². The Hall–Kier alpha value is -3.03. The number of para-hydroxylation sites is 1. The highest BCUT2D eigenvalue weighted by atomic mass is 16.2. The van der Waals surface area contributed by atoms with Gasteiger partial charge in [0.2, 0.25) is 0 Å². The zero-order valence-electron chi connectivity index (χ0n) is 17.3. The third-order valence-corrected chi connectivity index (χ3v) is 5.82. The molecular weight excluding hydrogens is 368 g/mol. The van der Waals surface area contributed by atoms with E-state index < -0.39 is 12.2 Å². The van der Waals surface area contributed by atoms with Crippen LogP contribution in [-0.2, 0) is 4.79 Å². The lowest BCUT2D eigenvalue weighted by Crippen LogP contribution is -2.65. The van der Waals surface area contributed by atoms with Crippen LogP contribution in [0.25, 0.3) is 0 Å². The number of piperazine rings is 1. The molecule has 1 aromatic rings. The van der Waals surface area contributed by atoms with Crippen LogP contribution in [0.5, 0.6) is 0 Å². The minimum atomic E-state index is -0.499. The Labute approximate surface area is 171 Å². The topological polar surface area (TPSA) is 62.7 Å². The average Bonchev–Trinajstić information content (AvgIpc) is 3.10. The first kappa shape index (κ1) is 19.3. The fourth-order valence-electron chi connectivity index (χ4n) is 4.28. The van der Waals surface area contributed by atoms with Crippen LogP contribution in [-0.4, -0.2) is 96.5 Å². The number of urea groups is 1. The molecule has 1 aromatic carbocycles. The van der Waals surface area contributed by atoms with E-state index in [1.165, 1.54) is 17.6 Å². The van der Waals surface area contributed by atoms with Crippen LogP contribution in [0.15, 0.2) is 47.5 Å². The molecule has 2 atom stereocenters. The molecule has 0 aromatic heterocycles. The number of guanidine groups is 1. The Balaban J connectivity index is 1.56. The lowest BCUT2D eigenvalue weighted by molar-refractivity contribution is -0.136. The van der Waals surface area contributed by atoms with E-state index in [1.807, 2.05) is 17.9 Å². The van der Waals surface area contributed by atoms with Crippen molar-refractivity contribution < 1.29 is 9.59 Å². The average molecular weight is 396 g/mol. The van der Waals surface area contributed by atoms with Gasteiger partial charge in [-0.15, -0.1) is 0 Å². The standard InChI is InChI=1S/C21H28N6O2/c1-15(2)14-27-17-18(23(3)21(29)24(4)19(17)28)22-20(27)26-12-10-25(11-13-26)16-8-6-5-7-9-16/h5-9,17-18H,1,10-14H2,2-4H3. The molecule has 154 valence electrons. The second-order valence-electron chi connectivity index (χ2n) is 7.97. The summed E-state index contributed by atoms with van der Waals surface area (Å²) in [6, 6.07) is 9.57. The number of carbonyl (C=O) groups excluding carboxylic acids is 2. The molecule has 0 spiro atoms. The number of aliphatic imine (C=N–C) groups is 1. The number of hydrogen-bond donors (Lipinski definition) is 0. The van der Waals surface area contributed by atoms with Gasteiger partial charge in [0.25, 0.3) is 5.91 Å². The number of imide groups is 1. The molecule has 8 heteroatoms. The van der Waals surface area contributed by atoms with Crippen LogP contribution in [0.4, 0.5) is 10.5 Å². The number of nitrogens with zero attached hydrogens (tertiary/aromatic N) is 6. The summed E-state index contributed by atoms with van der Waals surface area (Å²) in [6.07, 6.45) is -0.493. The lowest BCUT2D eigenvalue weighted by atomic mass is 10.1. The molecule has 8 nitrogen and oxygen atoms in total. The van der Waals surface area contributed by atoms with E-state index in [4.69, 9.17) is 4.99 Å². The Morgan fingerprint density at radius 2 is 1.69 bits per heavy atom. The van der Waals surface area contributed by atoms with Crippen molar-refractivity contribution in [2.45, 2.75) is 19.1 Å². The van der Waals surface area contributed by atoms with Crippen LogP contribution in [0.2, 0.25) is 0 Å². The van der Waals surface area contributed by atoms with Crippen molar-refractivity contribution in [1.29, 1.82) is 0 Å². The van der Waals surface area contributed by atoms with E-state index >= 15 is 0 Å². The van der Waals surface area contributed by atoms with Gasteiger partial charge in [0.1, 0.15) is 0 Å². The molecule has 3 amide bonds. The molecular formula is C21H28N6O2. The van der Waals surface area contributed by atoms with Gasteiger partial charge in [0.05, 0.1) is 0 Å².